The minimum atomic E-state index is 0.190. The molecule has 0 saturated heterocycles. The molecule has 3 rings (SSSR count). The first-order chi connectivity index (χ1) is 10.6. The van der Waals surface area contributed by atoms with E-state index in [4.69, 9.17) is 8.83 Å². The Morgan fingerprint density at radius 3 is 2.77 bits per heavy atom. The van der Waals surface area contributed by atoms with Gasteiger partial charge in [-0.3, -0.25) is 4.99 Å². The number of aryl methyl sites for hydroxylation is 1. The summed E-state index contributed by atoms with van der Waals surface area (Å²) in [6.45, 7) is 5.98. The summed E-state index contributed by atoms with van der Waals surface area (Å²) in [6.07, 6.45) is 3.34. The fourth-order valence-electron chi connectivity index (χ4n) is 1.95. The van der Waals surface area contributed by atoms with E-state index in [-0.39, 0.29) is 6.04 Å². The van der Waals surface area contributed by atoms with Crippen LogP contribution in [0.4, 0.5) is 0 Å². The Bertz CT molecular complexity index is 835. The van der Waals surface area contributed by atoms with Gasteiger partial charge in [-0.1, -0.05) is 0 Å². The third kappa shape index (κ3) is 3.12. The Hall–Kier alpha value is -2.34. The highest BCUT2D eigenvalue weighted by Gasteiger charge is 2.10. The van der Waals surface area contributed by atoms with Crippen LogP contribution in [-0.4, -0.2) is 16.9 Å². The summed E-state index contributed by atoms with van der Waals surface area (Å²) in [5.74, 6) is 2.32. The van der Waals surface area contributed by atoms with E-state index in [0.29, 0.717) is 5.76 Å². The number of hydrogen-bond acceptors (Lipinski definition) is 5. The summed E-state index contributed by atoms with van der Waals surface area (Å²) >= 11 is 1.54. The molecule has 0 N–H and O–H groups in total. The number of aromatic nitrogens is 1. The normalized spacial score (nSPS) is 12.8. The molecule has 5 nitrogen and oxygen atoms in total. The maximum atomic E-state index is 5.52. The molecule has 3 heterocycles. The predicted molar refractivity (Wildman–Crippen MR) is 87.1 cm³/mol. The van der Waals surface area contributed by atoms with Crippen molar-refractivity contribution < 1.29 is 8.83 Å². The first kappa shape index (κ1) is 14.6. The molecule has 0 amide bonds. The van der Waals surface area contributed by atoms with E-state index in [2.05, 4.69) is 10.1 Å². The van der Waals surface area contributed by atoms with Crippen molar-refractivity contribution in [2.24, 2.45) is 10.1 Å². The summed E-state index contributed by atoms with van der Waals surface area (Å²) in [6, 6.07) is 7.75. The van der Waals surface area contributed by atoms with Crippen molar-refractivity contribution in [3.63, 3.8) is 0 Å². The molecule has 0 aliphatic rings. The lowest BCUT2D eigenvalue weighted by Gasteiger charge is -2.00. The number of furan rings is 2. The molecule has 0 fully saturated rings. The molecule has 3 aromatic rings. The van der Waals surface area contributed by atoms with E-state index < -0.39 is 0 Å². The van der Waals surface area contributed by atoms with Crippen molar-refractivity contribution in [2.45, 2.75) is 26.8 Å². The van der Waals surface area contributed by atoms with Gasteiger partial charge in [-0.25, -0.2) is 4.68 Å². The van der Waals surface area contributed by atoms with Gasteiger partial charge in [0.25, 0.3) is 0 Å². The van der Waals surface area contributed by atoms with Crippen LogP contribution in [0.5, 0.6) is 0 Å². The van der Waals surface area contributed by atoms with Gasteiger partial charge in [0.05, 0.1) is 12.5 Å². The quantitative estimate of drug-likeness (QED) is 0.686. The molecule has 0 radical (unpaired) electrons. The van der Waals surface area contributed by atoms with Crippen molar-refractivity contribution in [3.8, 4) is 11.5 Å². The number of rotatable bonds is 4. The SMILES string of the molecule is Cc1ccc(C=Nn2c(-c3ccco3)csc2=NC(C)C)o1. The van der Waals surface area contributed by atoms with Crippen molar-refractivity contribution in [1.29, 1.82) is 0 Å². The van der Waals surface area contributed by atoms with Gasteiger partial charge < -0.3 is 8.83 Å². The highest BCUT2D eigenvalue weighted by Crippen LogP contribution is 2.20. The zero-order valence-corrected chi connectivity index (χ0v) is 13.5. The molecule has 0 atom stereocenters. The summed E-state index contributed by atoms with van der Waals surface area (Å²) in [5, 5.41) is 6.50. The van der Waals surface area contributed by atoms with Crippen LogP contribution in [0.15, 0.2) is 54.8 Å². The molecule has 22 heavy (non-hydrogen) atoms. The number of hydrogen-bond donors (Lipinski definition) is 0. The lowest BCUT2D eigenvalue weighted by Crippen LogP contribution is -2.14. The number of thiazole rings is 1. The van der Waals surface area contributed by atoms with Gasteiger partial charge in [-0.05, 0) is 45.0 Å². The Morgan fingerprint density at radius 2 is 2.14 bits per heavy atom. The predicted octanol–water partition coefficient (Wildman–Crippen LogP) is 3.90. The summed E-state index contributed by atoms with van der Waals surface area (Å²) < 4.78 is 12.8. The van der Waals surface area contributed by atoms with Crippen molar-refractivity contribution in [3.05, 3.63) is 52.2 Å². The van der Waals surface area contributed by atoms with Gasteiger partial charge in [0.15, 0.2) is 5.76 Å². The summed E-state index contributed by atoms with van der Waals surface area (Å²) in [5.41, 5.74) is 0.869. The van der Waals surface area contributed by atoms with Gasteiger partial charge in [0.2, 0.25) is 4.80 Å². The Labute approximate surface area is 132 Å². The van der Waals surface area contributed by atoms with E-state index in [9.17, 15) is 0 Å². The van der Waals surface area contributed by atoms with Crippen LogP contribution in [0.2, 0.25) is 0 Å². The highest BCUT2D eigenvalue weighted by molar-refractivity contribution is 7.07. The third-order valence-electron chi connectivity index (χ3n) is 2.89. The topological polar surface area (TPSA) is 55.9 Å². The lowest BCUT2D eigenvalue weighted by atomic mass is 10.4. The maximum absolute atomic E-state index is 5.52. The van der Waals surface area contributed by atoms with Crippen LogP contribution in [0.3, 0.4) is 0 Å². The average molecular weight is 315 g/mol. The van der Waals surface area contributed by atoms with Crippen LogP contribution in [0.25, 0.3) is 11.5 Å². The monoisotopic (exact) mass is 315 g/mol. The van der Waals surface area contributed by atoms with Gasteiger partial charge in [-0.2, -0.15) is 5.10 Å². The molecule has 6 heteroatoms. The second-order valence-corrected chi connectivity index (χ2v) is 5.95. The summed E-state index contributed by atoms with van der Waals surface area (Å²) in [7, 11) is 0. The van der Waals surface area contributed by atoms with Crippen molar-refractivity contribution in [1.82, 2.24) is 4.68 Å². The maximum Gasteiger partial charge on any atom is 0.206 e. The van der Waals surface area contributed by atoms with Crippen LogP contribution >= 0.6 is 11.3 Å². The molecular weight excluding hydrogens is 298 g/mol. The average Bonchev–Trinajstić information content (AvgIpc) is 3.17. The minimum Gasteiger partial charge on any atom is -0.463 e. The zero-order chi connectivity index (χ0) is 15.5. The molecule has 0 aromatic carbocycles. The van der Waals surface area contributed by atoms with Crippen LogP contribution in [-0.2, 0) is 0 Å². The van der Waals surface area contributed by atoms with E-state index in [1.54, 1.807) is 17.2 Å². The highest BCUT2D eigenvalue weighted by atomic mass is 32.1. The number of nitrogens with zero attached hydrogens (tertiary/aromatic N) is 3. The Balaban J connectivity index is 2.07. The van der Waals surface area contributed by atoms with Crippen LogP contribution in [0, 0.1) is 6.92 Å². The molecule has 0 aliphatic carbocycles. The zero-order valence-electron chi connectivity index (χ0n) is 12.7. The minimum absolute atomic E-state index is 0.190. The third-order valence-corrected chi connectivity index (χ3v) is 3.72. The van der Waals surface area contributed by atoms with Crippen LogP contribution in [0.1, 0.15) is 25.4 Å². The second kappa shape index (κ2) is 6.19. The van der Waals surface area contributed by atoms with Gasteiger partial charge in [0, 0.05) is 11.4 Å². The van der Waals surface area contributed by atoms with Gasteiger partial charge >= 0.3 is 0 Å². The molecule has 114 valence electrons. The van der Waals surface area contributed by atoms with Crippen molar-refractivity contribution in [2.75, 3.05) is 0 Å². The summed E-state index contributed by atoms with van der Waals surface area (Å²) in [4.78, 5) is 5.42. The fraction of sp³-hybridized carbons (Fsp3) is 0.250. The smallest absolute Gasteiger partial charge is 0.206 e. The standard InChI is InChI=1S/C16H17N3O2S/c1-11(2)18-16-19(17-9-13-7-6-12(3)21-13)14(10-22-16)15-5-4-8-20-15/h4-11H,1-3H3. The van der Waals surface area contributed by atoms with E-state index in [1.807, 2.05) is 50.4 Å². The van der Waals surface area contributed by atoms with Crippen LogP contribution < -0.4 is 4.80 Å². The Kier molecular flexibility index (Phi) is 4.11. The second-order valence-electron chi connectivity index (χ2n) is 5.11. The molecule has 3 aromatic heterocycles. The lowest BCUT2D eigenvalue weighted by molar-refractivity contribution is 0.527. The molecule has 0 saturated carbocycles. The first-order valence-electron chi connectivity index (χ1n) is 7.02. The van der Waals surface area contributed by atoms with Gasteiger partial charge in [-0.15, -0.1) is 11.3 Å². The molecule has 0 bridgehead atoms. The van der Waals surface area contributed by atoms with E-state index in [1.165, 1.54) is 11.3 Å². The molecular formula is C16H17N3O2S. The molecule has 0 spiro atoms. The van der Waals surface area contributed by atoms with E-state index in [0.717, 1.165) is 22.0 Å². The van der Waals surface area contributed by atoms with E-state index >= 15 is 0 Å². The Morgan fingerprint density at radius 1 is 1.27 bits per heavy atom. The largest absolute Gasteiger partial charge is 0.463 e. The molecule has 0 unspecified atom stereocenters. The van der Waals surface area contributed by atoms with Gasteiger partial charge in [0.1, 0.15) is 17.2 Å². The molecule has 0 aliphatic heterocycles. The van der Waals surface area contributed by atoms with Crippen molar-refractivity contribution >= 4 is 17.6 Å². The fourth-order valence-corrected chi connectivity index (χ4v) is 2.90. The first-order valence-corrected chi connectivity index (χ1v) is 7.90.